The number of hydrogen-bond acceptors (Lipinski definition) is 4. The van der Waals surface area contributed by atoms with Crippen LogP contribution in [0, 0.1) is 0 Å². The third-order valence-electron chi connectivity index (χ3n) is 5.45. The lowest BCUT2D eigenvalue weighted by atomic mass is 10.1. The van der Waals surface area contributed by atoms with Crippen molar-refractivity contribution in [1.29, 1.82) is 0 Å². The van der Waals surface area contributed by atoms with Crippen LogP contribution in [0.1, 0.15) is 39.2 Å². The molecule has 3 rings (SSSR count). The largest absolute Gasteiger partial charge is 0.444 e. The average Bonchev–Trinajstić information content (AvgIpc) is 2.78. The lowest BCUT2D eigenvalue weighted by Crippen LogP contribution is -2.42. The van der Waals surface area contributed by atoms with Gasteiger partial charge in [0.2, 0.25) is 5.91 Å². The Kier molecular flexibility index (Phi) is 8.66. The van der Waals surface area contributed by atoms with Gasteiger partial charge in [-0.3, -0.25) is 9.69 Å². The molecule has 0 aromatic heterocycles. The van der Waals surface area contributed by atoms with E-state index in [1.54, 1.807) is 0 Å². The number of anilines is 1. The summed E-state index contributed by atoms with van der Waals surface area (Å²) in [5, 5.41) is 8.08. The molecule has 3 aromatic rings. The Morgan fingerprint density at radius 1 is 0.941 bits per heavy atom. The van der Waals surface area contributed by atoms with E-state index in [0.717, 1.165) is 22.0 Å². The van der Waals surface area contributed by atoms with Crippen LogP contribution in [-0.2, 0) is 16.1 Å². The Morgan fingerprint density at radius 2 is 1.62 bits per heavy atom. The predicted octanol–water partition coefficient (Wildman–Crippen LogP) is 5.58. The summed E-state index contributed by atoms with van der Waals surface area (Å²) in [5.74, 6) is -0.0639. The van der Waals surface area contributed by atoms with Gasteiger partial charge in [0, 0.05) is 18.8 Å². The van der Waals surface area contributed by atoms with Gasteiger partial charge >= 0.3 is 6.09 Å². The van der Waals surface area contributed by atoms with Crippen molar-refractivity contribution < 1.29 is 14.3 Å². The molecular weight excluding hydrogens is 426 g/mol. The first-order chi connectivity index (χ1) is 16.2. The number of fused-ring (bicyclic) bond motifs is 1. The van der Waals surface area contributed by atoms with Crippen LogP contribution in [0.4, 0.5) is 10.5 Å². The Hall–Kier alpha value is -3.38. The summed E-state index contributed by atoms with van der Waals surface area (Å²) < 4.78 is 5.29. The summed E-state index contributed by atoms with van der Waals surface area (Å²) in [6, 6.07) is 23.7. The highest BCUT2D eigenvalue weighted by molar-refractivity contribution is 5.97. The summed E-state index contributed by atoms with van der Waals surface area (Å²) in [6.45, 7) is 6.58. The number of carbonyl (C=O) groups is 2. The number of rotatable bonds is 9. The molecule has 180 valence electrons. The number of alkyl carbamates (subject to hydrolysis) is 1. The lowest BCUT2D eigenvalue weighted by Gasteiger charge is -2.27. The molecule has 0 saturated carbocycles. The van der Waals surface area contributed by atoms with Gasteiger partial charge in [0.15, 0.2) is 0 Å². The van der Waals surface area contributed by atoms with Crippen molar-refractivity contribution in [3.05, 3.63) is 78.4 Å². The summed E-state index contributed by atoms with van der Waals surface area (Å²) >= 11 is 0. The molecule has 6 nitrogen and oxygen atoms in total. The van der Waals surface area contributed by atoms with E-state index in [9.17, 15) is 9.59 Å². The molecule has 0 saturated heterocycles. The topological polar surface area (TPSA) is 70.7 Å². The van der Waals surface area contributed by atoms with Crippen LogP contribution in [-0.4, -0.2) is 42.1 Å². The molecule has 34 heavy (non-hydrogen) atoms. The normalized spacial score (nSPS) is 12.4. The molecule has 0 aliphatic heterocycles. The second kappa shape index (κ2) is 11.7. The molecule has 0 radical (unpaired) electrons. The molecule has 6 heteroatoms. The van der Waals surface area contributed by atoms with Crippen LogP contribution in [0.25, 0.3) is 10.8 Å². The molecule has 0 aliphatic carbocycles. The third kappa shape index (κ3) is 7.89. The van der Waals surface area contributed by atoms with E-state index in [1.807, 2.05) is 82.4 Å². The zero-order chi connectivity index (χ0) is 24.6. The van der Waals surface area contributed by atoms with Crippen molar-refractivity contribution in [3.63, 3.8) is 0 Å². The molecule has 0 heterocycles. The minimum Gasteiger partial charge on any atom is -0.444 e. The monoisotopic (exact) mass is 461 g/mol. The van der Waals surface area contributed by atoms with Crippen molar-refractivity contribution in [2.24, 2.45) is 0 Å². The maximum atomic E-state index is 13.3. The number of nitrogens with one attached hydrogen (secondary N) is 2. The van der Waals surface area contributed by atoms with Crippen LogP contribution < -0.4 is 10.6 Å². The summed E-state index contributed by atoms with van der Waals surface area (Å²) in [4.78, 5) is 27.3. The van der Waals surface area contributed by atoms with E-state index in [0.29, 0.717) is 25.9 Å². The maximum Gasteiger partial charge on any atom is 0.407 e. The van der Waals surface area contributed by atoms with Crippen LogP contribution in [0.3, 0.4) is 0 Å². The van der Waals surface area contributed by atoms with Crippen LogP contribution in [0.5, 0.6) is 0 Å². The van der Waals surface area contributed by atoms with Gasteiger partial charge in [0.25, 0.3) is 0 Å². The number of benzene rings is 3. The van der Waals surface area contributed by atoms with E-state index in [1.165, 1.54) is 0 Å². The van der Waals surface area contributed by atoms with Gasteiger partial charge in [-0.15, -0.1) is 0 Å². The van der Waals surface area contributed by atoms with Crippen molar-refractivity contribution in [2.75, 3.05) is 18.9 Å². The molecule has 0 fully saturated rings. The lowest BCUT2D eigenvalue weighted by molar-refractivity contribution is -0.121. The summed E-state index contributed by atoms with van der Waals surface area (Å²) in [5.41, 5.74) is 1.37. The fourth-order valence-electron chi connectivity index (χ4n) is 3.83. The Morgan fingerprint density at radius 3 is 2.32 bits per heavy atom. The fraction of sp³-hybridized carbons (Fsp3) is 0.357. The van der Waals surface area contributed by atoms with E-state index >= 15 is 0 Å². The zero-order valence-electron chi connectivity index (χ0n) is 20.5. The number of hydrogen-bond donors (Lipinski definition) is 2. The highest BCUT2D eigenvalue weighted by atomic mass is 16.6. The van der Waals surface area contributed by atoms with Gasteiger partial charge in [0.1, 0.15) is 5.60 Å². The average molecular weight is 462 g/mol. The molecule has 0 spiro atoms. The molecule has 0 bridgehead atoms. The van der Waals surface area contributed by atoms with E-state index in [4.69, 9.17) is 4.74 Å². The summed E-state index contributed by atoms with van der Waals surface area (Å²) in [7, 11) is 1.96. The Balaban J connectivity index is 1.65. The smallest absolute Gasteiger partial charge is 0.407 e. The second-order valence-corrected chi connectivity index (χ2v) is 9.54. The van der Waals surface area contributed by atoms with Crippen LogP contribution in [0.2, 0.25) is 0 Å². The Bertz CT molecular complexity index is 1090. The molecular formula is C28H35N3O3. The molecule has 3 aromatic carbocycles. The predicted molar refractivity (Wildman–Crippen MR) is 138 cm³/mol. The van der Waals surface area contributed by atoms with Gasteiger partial charge in [-0.1, -0.05) is 60.7 Å². The first-order valence-electron chi connectivity index (χ1n) is 11.7. The van der Waals surface area contributed by atoms with E-state index < -0.39 is 11.7 Å². The SMILES string of the molecule is CN(Cc1ccccc1)[C@@H](CCCNC(=O)OC(C)(C)C)C(=O)Nc1ccc2ccccc2c1. The summed E-state index contributed by atoms with van der Waals surface area (Å²) in [6.07, 6.45) is 0.800. The molecule has 0 unspecified atom stereocenters. The molecule has 2 N–H and O–H groups in total. The minimum absolute atomic E-state index is 0.0639. The third-order valence-corrected chi connectivity index (χ3v) is 5.45. The molecule has 1 atom stereocenters. The first kappa shape index (κ1) is 25.2. The number of carbonyl (C=O) groups excluding carboxylic acids is 2. The number of amides is 2. The maximum absolute atomic E-state index is 13.3. The number of ether oxygens (including phenoxy) is 1. The van der Waals surface area contributed by atoms with Crippen molar-refractivity contribution in [2.45, 2.75) is 51.8 Å². The number of likely N-dealkylation sites (N-methyl/N-ethyl adjacent to an activating group) is 1. The number of nitrogens with zero attached hydrogens (tertiary/aromatic N) is 1. The van der Waals surface area contributed by atoms with Gasteiger partial charge in [0.05, 0.1) is 6.04 Å². The van der Waals surface area contributed by atoms with Crippen LogP contribution in [0.15, 0.2) is 72.8 Å². The zero-order valence-corrected chi connectivity index (χ0v) is 20.5. The second-order valence-electron chi connectivity index (χ2n) is 9.54. The van der Waals surface area contributed by atoms with Crippen LogP contribution >= 0.6 is 0 Å². The Labute approximate surface area is 202 Å². The standard InChI is InChI=1S/C28H35N3O3/c1-28(2,3)34-27(33)29-18-10-15-25(31(4)20-21-11-6-5-7-12-21)26(32)30-24-17-16-22-13-8-9-14-23(22)19-24/h5-9,11-14,16-17,19,25H,10,15,18,20H2,1-4H3,(H,29,33)(H,30,32)/t25-/m0/s1. The van der Waals surface area contributed by atoms with Gasteiger partial charge in [-0.25, -0.2) is 4.79 Å². The minimum atomic E-state index is -0.539. The van der Waals surface area contributed by atoms with Gasteiger partial charge in [-0.05, 0) is 69.1 Å². The highest BCUT2D eigenvalue weighted by Crippen LogP contribution is 2.20. The van der Waals surface area contributed by atoms with Crippen molar-refractivity contribution in [1.82, 2.24) is 10.2 Å². The van der Waals surface area contributed by atoms with Gasteiger partial charge in [-0.2, -0.15) is 0 Å². The van der Waals surface area contributed by atoms with Crippen molar-refractivity contribution >= 4 is 28.5 Å². The highest BCUT2D eigenvalue weighted by Gasteiger charge is 2.24. The van der Waals surface area contributed by atoms with E-state index in [2.05, 4.69) is 33.7 Å². The van der Waals surface area contributed by atoms with E-state index in [-0.39, 0.29) is 11.9 Å². The van der Waals surface area contributed by atoms with Crippen molar-refractivity contribution in [3.8, 4) is 0 Å². The van der Waals surface area contributed by atoms with Gasteiger partial charge < -0.3 is 15.4 Å². The first-order valence-corrected chi connectivity index (χ1v) is 11.7. The molecule has 2 amide bonds. The fourth-order valence-corrected chi connectivity index (χ4v) is 3.83. The molecule has 0 aliphatic rings. The quantitative estimate of drug-likeness (QED) is 0.408.